The summed E-state index contributed by atoms with van der Waals surface area (Å²) in [5, 5.41) is 6.15. The van der Waals surface area contributed by atoms with Gasteiger partial charge in [0.1, 0.15) is 5.82 Å². The van der Waals surface area contributed by atoms with E-state index in [2.05, 4.69) is 20.5 Å². The third-order valence-corrected chi connectivity index (χ3v) is 3.30. The molecule has 2 N–H and O–H groups in total. The fraction of sp³-hybridized carbons (Fsp3) is 0.600. The van der Waals surface area contributed by atoms with Gasteiger partial charge in [0.05, 0.1) is 18.8 Å². The highest BCUT2D eigenvalue weighted by Crippen LogP contribution is 2.12. The minimum atomic E-state index is -0.0838. The van der Waals surface area contributed by atoms with E-state index >= 15 is 0 Å². The molecule has 0 bridgehead atoms. The summed E-state index contributed by atoms with van der Waals surface area (Å²) in [6, 6.07) is 3.81. The van der Waals surface area contributed by atoms with Gasteiger partial charge in [0.15, 0.2) is 0 Å². The van der Waals surface area contributed by atoms with Gasteiger partial charge in [-0.3, -0.25) is 9.69 Å². The Kier molecular flexibility index (Phi) is 5.95. The van der Waals surface area contributed by atoms with E-state index in [-0.39, 0.29) is 11.9 Å². The number of carbonyl (C=O) groups excluding carboxylic acids is 1. The van der Waals surface area contributed by atoms with Crippen LogP contribution in [0, 0.1) is 0 Å². The predicted octanol–water partition coefficient (Wildman–Crippen LogP) is 0.964. The molecule has 2 heterocycles. The van der Waals surface area contributed by atoms with Crippen LogP contribution >= 0.6 is 0 Å². The molecule has 0 unspecified atom stereocenters. The van der Waals surface area contributed by atoms with Crippen LogP contribution < -0.4 is 10.6 Å². The van der Waals surface area contributed by atoms with E-state index < -0.39 is 0 Å². The molecule has 0 spiro atoms. The molecule has 116 valence electrons. The van der Waals surface area contributed by atoms with Gasteiger partial charge in [-0.15, -0.1) is 0 Å². The smallest absolute Gasteiger partial charge is 0.255 e. The Hall–Kier alpha value is -1.66. The summed E-state index contributed by atoms with van der Waals surface area (Å²) in [5.41, 5.74) is 0.591. The maximum atomic E-state index is 12.3. The summed E-state index contributed by atoms with van der Waals surface area (Å²) in [6.07, 6.45) is 1.69. The average Bonchev–Trinajstić information content (AvgIpc) is 2.48. The number of amides is 1. The molecule has 1 aliphatic heterocycles. The largest absolute Gasteiger partial charge is 0.379 e. The molecule has 0 aromatic carbocycles. The number of aromatic nitrogens is 1. The first-order valence-electron chi connectivity index (χ1n) is 7.46. The predicted molar refractivity (Wildman–Crippen MR) is 82.6 cm³/mol. The standard InChI is InChI=1S/C15H24N4O2/c1-12(2)18-14-13(4-3-5-16-14)15(20)17-6-7-19-8-10-21-11-9-19/h3-5,12H,6-11H2,1-2H3,(H,16,18)(H,17,20). The normalized spacial score (nSPS) is 16.0. The third kappa shape index (κ3) is 4.99. The van der Waals surface area contributed by atoms with Gasteiger partial charge >= 0.3 is 0 Å². The summed E-state index contributed by atoms with van der Waals surface area (Å²) in [6.45, 7) is 8.95. The Morgan fingerprint density at radius 1 is 1.43 bits per heavy atom. The fourth-order valence-electron chi connectivity index (χ4n) is 2.22. The van der Waals surface area contributed by atoms with Gasteiger partial charge < -0.3 is 15.4 Å². The molecule has 6 heteroatoms. The number of anilines is 1. The van der Waals surface area contributed by atoms with E-state index in [0.29, 0.717) is 17.9 Å². The fourth-order valence-corrected chi connectivity index (χ4v) is 2.22. The second-order valence-electron chi connectivity index (χ2n) is 5.41. The lowest BCUT2D eigenvalue weighted by Gasteiger charge is -2.26. The van der Waals surface area contributed by atoms with Gasteiger partial charge in [0.25, 0.3) is 5.91 Å². The van der Waals surface area contributed by atoms with Crippen molar-refractivity contribution in [2.75, 3.05) is 44.7 Å². The van der Waals surface area contributed by atoms with Crippen molar-refractivity contribution >= 4 is 11.7 Å². The molecule has 2 rings (SSSR count). The van der Waals surface area contributed by atoms with Crippen LogP contribution in [-0.4, -0.2) is 61.2 Å². The van der Waals surface area contributed by atoms with Gasteiger partial charge in [0.2, 0.25) is 0 Å². The van der Waals surface area contributed by atoms with E-state index in [9.17, 15) is 4.79 Å². The number of nitrogens with one attached hydrogen (secondary N) is 2. The highest BCUT2D eigenvalue weighted by molar-refractivity contribution is 5.98. The van der Waals surface area contributed by atoms with E-state index in [0.717, 1.165) is 32.8 Å². The molecule has 0 saturated carbocycles. The van der Waals surface area contributed by atoms with Crippen molar-refractivity contribution in [1.29, 1.82) is 0 Å². The first kappa shape index (κ1) is 15.7. The first-order chi connectivity index (χ1) is 10.2. The molecular weight excluding hydrogens is 268 g/mol. The number of carbonyl (C=O) groups is 1. The molecule has 1 amide bonds. The van der Waals surface area contributed by atoms with Gasteiger partial charge in [0, 0.05) is 38.4 Å². The highest BCUT2D eigenvalue weighted by Gasteiger charge is 2.14. The molecular formula is C15H24N4O2. The molecule has 21 heavy (non-hydrogen) atoms. The summed E-state index contributed by atoms with van der Waals surface area (Å²) >= 11 is 0. The van der Waals surface area contributed by atoms with Crippen LogP contribution in [0.15, 0.2) is 18.3 Å². The molecule has 0 atom stereocenters. The van der Waals surface area contributed by atoms with Crippen LogP contribution in [0.25, 0.3) is 0 Å². The van der Waals surface area contributed by atoms with Crippen LogP contribution in [0.4, 0.5) is 5.82 Å². The Morgan fingerprint density at radius 2 is 2.19 bits per heavy atom. The molecule has 0 aliphatic carbocycles. The lowest BCUT2D eigenvalue weighted by atomic mass is 10.2. The van der Waals surface area contributed by atoms with Gasteiger partial charge in [-0.1, -0.05) is 0 Å². The number of pyridine rings is 1. The van der Waals surface area contributed by atoms with Crippen molar-refractivity contribution < 1.29 is 9.53 Å². The van der Waals surface area contributed by atoms with E-state index in [1.807, 2.05) is 13.8 Å². The zero-order valence-corrected chi connectivity index (χ0v) is 12.8. The summed E-state index contributed by atoms with van der Waals surface area (Å²) in [7, 11) is 0. The molecule has 1 aromatic heterocycles. The topological polar surface area (TPSA) is 66.5 Å². The summed E-state index contributed by atoms with van der Waals surface area (Å²) < 4.78 is 5.30. The van der Waals surface area contributed by atoms with E-state index in [1.165, 1.54) is 0 Å². The Labute approximate surface area is 125 Å². The number of ether oxygens (including phenoxy) is 1. The van der Waals surface area contributed by atoms with Crippen molar-refractivity contribution in [3.8, 4) is 0 Å². The second-order valence-corrected chi connectivity index (χ2v) is 5.41. The van der Waals surface area contributed by atoms with Gasteiger partial charge in [-0.2, -0.15) is 0 Å². The third-order valence-electron chi connectivity index (χ3n) is 3.30. The number of hydrogen-bond acceptors (Lipinski definition) is 5. The van der Waals surface area contributed by atoms with Crippen LogP contribution in [0.3, 0.4) is 0 Å². The van der Waals surface area contributed by atoms with Gasteiger partial charge in [-0.25, -0.2) is 4.98 Å². The monoisotopic (exact) mass is 292 g/mol. The van der Waals surface area contributed by atoms with E-state index in [1.54, 1.807) is 18.3 Å². The molecule has 6 nitrogen and oxygen atoms in total. The number of rotatable bonds is 6. The molecule has 0 radical (unpaired) electrons. The van der Waals surface area contributed by atoms with Crippen molar-refractivity contribution in [3.05, 3.63) is 23.9 Å². The van der Waals surface area contributed by atoms with Crippen molar-refractivity contribution in [2.24, 2.45) is 0 Å². The van der Waals surface area contributed by atoms with E-state index in [4.69, 9.17) is 4.74 Å². The lowest BCUT2D eigenvalue weighted by molar-refractivity contribution is 0.0383. The van der Waals surface area contributed by atoms with Crippen LogP contribution in [-0.2, 0) is 4.74 Å². The number of morpholine rings is 1. The average molecular weight is 292 g/mol. The van der Waals surface area contributed by atoms with Crippen molar-refractivity contribution in [3.63, 3.8) is 0 Å². The quantitative estimate of drug-likeness (QED) is 0.817. The first-order valence-corrected chi connectivity index (χ1v) is 7.46. The minimum absolute atomic E-state index is 0.0838. The Morgan fingerprint density at radius 3 is 2.90 bits per heavy atom. The molecule has 1 fully saturated rings. The van der Waals surface area contributed by atoms with Crippen LogP contribution in [0.5, 0.6) is 0 Å². The summed E-state index contributed by atoms with van der Waals surface area (Å²) in [4.78, 5) is 18.8. The van der Waals surface area contributed by atoms with Crippen LogP contribution in [0.2, 0.25) is 0 Å². The molecule has 1 aromatic rings. The molecule has 1 aliphatic rings. The second kappa shape index (κ2) is 7.95. The van der Waals surface area contributed by atoms with Crippen LogP contribution in [0.1, 0.15) is 24.2 Å². The lowest BCUT2D eigenvalue weighted by Crippen LogP contribution is -2.41. The number of hydrogen-bond donors (Lipinski definition) is 2. The van der Waals surface area contributed by atoms with Gasteiger partial charge in [-0.05, 0) is 26.0 Å². The minimum Gasteiger partial charge on any atom is -0.379 e. The Bertz CT molecular complexity index is 459. The maximum absolute atomic E-state index is 12.3. The Balaban J connectivity index is 1.85. The van der Waals surface area contributed by atoms with Crippen molar-refractivity contribution in [1.82, 2.24) is 15.2 Å². The van der Waals surface area contributed by atoms with Crippen molar-refractivity contribution in [2.45, 2.75) is 19.9 Å². The zero-order valence-electron chi connectivity index (χ0n) is 12.8. The highest BCUT2D eigenvalue weighted by atomic mass is 16.5. The molecule has 1 saturated heterocycles. The summed E-state index contributed by atoms with van der Waals surface area (Å²) in [5.74, 6) is 0.552. The SMILES string of the molecule is CC(C)Nc1ncccc1C(=O)NCCN1CCOCC1. The number of nitrogens with zero attached hydrogens (tertiary/aromatic N) is 2. The maximum Gasteiger partial charge on any atom is 0.255 e. The zero-order chi connectivity index (χ0) is 15.1.